The first kappa shape index (κ1) is 19.1. The van der Waals surface area contributed by atoms with Gasteiger partial charge in [0, 0.05) is 6.04 Å². The van der Waals surface area contributed by atoms with E-state index < -0.39 is 27.8 Å². The van der Waals surface area contributed by atoms with Crippen LogP contribution in [0.3, 0.4) is 0 Å². The van der Waals surface area contributed by atoms with Gasteiger partial charge in [0.1, 0.15) is 0 Å². The number of carbonyl (C=O) groups excluding carboxylic acids is 1. The van der Waals surface area contributed by atoms with Gasteiger partial charge >= 0.3 is 0 Å². The molecule has 1 unspecified atom stereocenters. The summed E-state index contributed by atoms with van der Waals surface area (Å²) in [7, 11) is -4.08. The van der Waals surface area contributed by atoms with Crippen molar-refractivity contribution in [2.45, 2.75) is 64.3 Å². The van der Waals surface area contributed by atoms with Gasteiger partial charge in [-0.15, -0.1) is 0 Å². The molecule has 2 N–H and O–H groups in total. The van der Waals surface area contributed by atoms with Gasteiger partial charge in [-0.3, -0.25) is 9.35 Å². The molecule has 0 fully saturated rings. The number of amides is 1. The molecular formula is C14H27NO4S. The molecule has 20 heavy (non-hydrogen) atoms. The number of carbonyl (C=O) groups is 1. The van der Waals surface area contributed by atoms with Crippen molar-refractivity contribution in [3.8, 4) is 0 Å². The zero-order valence-corrected chi connectivity index (χ0v) is 13.1. The van der Waals surface area contributed by atoms with Crippen molar-refractivity contribution in [2.24, 2.45) is 0 Å². The number of nitrogens with one attached hydrogen (secondary N) is 1. The summed E-state index contributed by atoms with van der Waals surface area (Å²) in [6.45, 7) is 5.49. The zero-order chi connectivity index (χ0) is 15.4. The monoisotopic (exact) mass is 305 g/mol. The van der Waals surface area contributed by atoms with E-state index in [1.165, 1.54) is 25.7 Å². The third-order valence-electron chi connectivity index (χ3n) is 3.10. The predicted molar refractivity (Wildman–Crippen MR) is 81.2 cm³/mol. The molecule has 1 amide bonds. The molecule has 0 spiro atoms. The molecule has 0 saturated carbocycles. The van der Waals surface area contributed by atoms with Crippen LogP contribution in [-0.2, 0) is 14.9 Å². The normalized spacial score (nSPS) is 12.9. The maximum atomic E-state index is 11.2. The molecule has 5 nitrogen and oxygen atoms in total. The quantitative estimate of drug-likeness (QED) is 0.330. The van der Waals surface area contributed by atoms with Gasteiger partial charge < -0.3 is 5.32 Å². The number of hydrogen-bond donors (Lipinski definition) is 2. The minimum atomic E-state index is -4.08. The lowest BCUT2D eigenvalue weighted by molar-refractivity contribution is -0.117. The molecule has 118 valence electrons. The molecule has 0 aromatic rings. The van der Waals surface area contributed by atoms with Crippen molar-refractivity contribution in [1.29, 1.82) is 0 Å². The first-order valence-corrected chi connectivity index (χ1v) is 8.88. The van der Waals surface area contributed by atoms with Crippen LogP contribution in [0.5, 0.6) is 0 Å². The Morgan fingerprint density at radius 2 is 1.75 bits per heavy atom. The Balaban J connectivity index is 3.97. The third-order valence-corrected chi connectivity index (χ3v) is 3.92. The molecule has 0 aromatic heterocycles. The maximum absolute atomic E-state index is 11.2. The fourth-order valence-electron chi connectivity index (χ4n) is 2.06. The van der Waals surface area contributed by atoms with E-state index in [0.29, 0.717) is 6.42 Å². The van der Waals surface area contributed by atoms with Crippen LogP contribution in [-0.4, -0.2) is 30.7 Å². The van der Waals surface area contributed by atoms with Gasteiger partial charge in [0.25, 0.3) is 10.1 Å². The van der Waals surface area contributed by atoms with Crippen LogP contribution in [0.4, 0.5) is 0 Å². The lowest BCUT2D eigenvalue weighted by atomic mass is 10.1. The summed E-state index contributed by atoms with van der Waals surface area (Å²) in [6.07, 6.45) is 9.50. The molecule has 0 aliphatic heterocycles. The largest absolute Gasteiger partial charge is 0.349 e. The Morgan fingerprint density at radius 3 is 2.25 bits per heavy atom. The van der Waals surface area contributed by atoms with E-state index in [1.54, 1.807) is 0 Å². The molecule has 0 bridgehead atoms. The van der Waals surface area contributed by atoms with Gasteiger partial charge in [-0.1, -0.05) is 58.4 Å². The first-order valence-electron chi connectivity index (χ1n) is 7.27. The van der Waals surface area contributed by atoms with Gasteiger partial charge in [0.05, 0.1) is 5.75 Å². The minimum absolute atomic E-state index is 0.415. The van der Waals surface area contributed by atoms with Gasteiger partial charge in [0.15, 0.2) is 0 Å². The van der Waals surface area contributed by atoms with Crippen molar-refractivity contribution in [3.05, 3.63) is 12.7 Å². The van der Waals surface area contributed by atoms with Crippen molar-refractivity contribution in [2.75, 3.05) is 5.75 Å². The lowest BCUT2D eigenvalue weighted by Gasteiger charge is -2.16. The highest BCUT2D eigenvalue weighted by atomic mass is 32.2. The number of rotatable bonds is 12. The summed E-state index contributed by atoms with van der Waals surface area (Å²) >= 11 is 0. The Hall–Kier alpha value is -0.880. The molecule has 0 heterocycles. The fourth-order valence-corrected chi connectivity index (χ4v) is 2.82. The molecule has 6 heteroatoms. The van der Waals surface area contributed by atoms with Gasteiger partial charge in [-0.2, -0.15) is 8.42 Å². The highest BCUT2D eigenvalue weighted by Crippen LogP contribution is 2.10. The van der Waals surface area contributed by atoms with Gasteiger partial charge in [-0.25, -0.2) is 0 Å². The Morgan fingerprint density at radius 1 is 1.20 bits per heavy atom. The third kappa shape index (κ3) is 12.2. The van der Waals surface area contributed by atoms with Crippen molar-refractivity contribution in [3.63, 3.8) is 0 Å². The lowest BCUT2D eigenvalue weighted by Crippen LogP contribution is -2.38. The van der Waals surface area contributed by atoms with Crippen LogP contribution in [0, 0.1) is 0 Å². The Bertz CT molecular complexity index is 379. The molecule has 0 radical (unpaired) electrons. The molecule has 0 rings (SSSR count). The van der Waals surface area contributed by atoms with E-state index >= 15 is 0 Å². The number of hydrogen-bond acceptors (Lipinski definition) is 3. The van der Waals surface area contributed by atoms with Crippen LogP contribution in [0.2, 0.25) is 0 Å². The molecule has 0 aliphatic rings. The molecule has 0 saturated heterocycles. The predicted octanol–water partition coefficient (Wildman–Crippen LogP) is 2.69. The number of unbranched alkanes of at least 4 members (excludes halogenated alkanes) is 6. The van der Waals surface area contributed by atoms with E-state index in [1.807, 2.05) is 0 Å². The second-order valence-corrected chi connectivity index (χ2v) is 6.57. The van der Waals surface area contributed by atoms with Crippen molar-refractivity contribution in [1.82, 2.24) is 5.32 Å². The second kappa shape index (κ2) is 10.9. The van der Waals surface area contributed by atoms with E-state index in [4.69, 9.17) is 4.55 Å². The van der Waals surface area contributed by atoms with Crippen LogP contribution in [0.25, 0.3) is 0 Å². The highest BCUT2D eigenvalue weighted by molar-refractivity contribution is 7.85. The highest BCUT2D eigenvalue weighted by Gasteiger charge is 2.17. The molecule has 1 atom stereocenters. The second-order valence-electron chi connectivity index (χ2n) is 5.07. The average molecular weight is 305 g/mol. The van der Waals surface area contributed by atoms with Crippen LogP contribution >= 0.6 is 0 Å². The van der Waals surface area contributed by atoms with Crippen LogP contribution in [0.15, 0.2) is 12.7 Å². The summed E-state index contributed by atoms with van der Waals surface area (Å²) in [5, 5.41) is 2.54. The van der Waals surface area contributed by atoms with E-state index in [0.717, 1.165) is 25.3 Å². The van der Waals surface area contributed by atoms with Crippen molar-refractivity contribution < 1.29 is 17.8 Å². The Labute approximate surface area is 122 Å². The summed E-state index contributed by atoms with van der Waals surface area (Å²) in [4.78, 5) is 11.2. The van der Waals surface area contributed by atoms with Gasteiger partial charge in [0.2, 0.25) is 5.91 Å². The SMILES string of the molecule is C=CC(=O)NC(CCCCCCCCC)CS(=O)(=O)O. The van der Waals surface area contributed by atoms with Crippen LogP contribution < -0.4 is 5.32 Å². The topological polar surface area (TPSA) is 83.5 Å². The summed E-state index contributed by atoms with van der Waals surface area (Å²) in [5.41, 5.74) is 0. The summed E-state index contributed by atoms with van der Waals surface area (Å²) in [5.74, 6) is -0.857. The first-order chi connectivity index (χ1) is 9.39. The van der Waals surface area contributed by atoms with Crippen molar-refractivity contribution >= 4 is 16.0 Å². The van der Waals surface area contributed by atoms with Crippen LogP contribution in [0.1, 0.15) is 58.3 Å². The fraction of sp³-hybridized carbons (Fsp3) is 0.786. The van der Waals surface area contributed by atoms with E-state index in [-0.39, 0.29) is 0 Å². The molecule has 0 aromatic carbocycles. The van der Waals surface area contributed by atoms with Gasteiger partial charge in [-0.05, 0) is 12.5 Å². The zero-order valence-electron chi connectivity index (χ0n) is 12.3. The average Bonchev–Trinajstić information content (AvgIpc) is 2.35. The maximum Gasteiger partial charge on any atom is 0.266 e. The summed E-state index contributed by atoms with van der Waals surface area (Å²) < 4.78 is 30.7. The molecular weight excluding hydrogens is 278 g/mol. The van der Waals surface area contributed by atoms with E-state index in [2.05, 4.69) is 18.8 Å². The summed E-state index contributed by atoms with van der Waals surface area (Å²) in [6, 6.07) is -0.550. The van der Waals surface area contributed by atoms with E-state index in [9.17, 15) is 13.2 Å². The Kier molecular flexibility index (Phi) is 10.4. The molecule has 0 aliphatic carbocycles. The minimum Gasteiger partial charge on any atom is -0.349 e. The smallest absolute Gasteiger partial charge is 0.266 e. The standard InChI is InChI=1S/C14H27NO4S/c1-3-5-6-7-8-9-10-11-13(12-20(17,18)19)15-14(16)4-2/h4,13H,2-3,5-12H2,1H3,(H,15,16)(H,17,18,19).